The second-order valence-electron chi connectivity index (χ2n) is 47.0. The van der Waals surface area contributed by atoms with Crippen molar-refractivity contribution in [2.75, 3.05) is 56.4 Å². The van der Waals surface area contributed by atoms with Crippen LogP contribution in [0.15, 0.2) is 194 Å². The third-order valence-corrected chi connectivity index (χ3v) is 41.2. The Morgan fingerprint density at radius 1 is 0.210 bits per heavy atom. The van der Waals surface area contributed by atoms with Crippen molar-refractivity contribution in [2.24, 2.45) is 140 Å². The zero-order chi connectivity index (χ0) is 84.7. The monoisotopic (exact) mass is 1650 g/mol. The van der Waals surface area contributed by atoms with Gasteiger partial charge in [0.25, 0.3) is 0 Å². The van der Waals surface area contributed by atoms with Gasteiger partial charge in [-0.3, -0.25) is 0 Å². The minimum absolute atomic E-state index is 0.386. The van der Waals surface area contributed by atoms with Crippen LogP contribution in [0.5, 0.6) is 0 Å². The summed E-state index contributed by atoms with van der Waals surface area (Å²) >= 11 is 0. The molecule has 0 aliphatic heterocycles. The van der Waals surface area contributed by atoms with Gasteiger partial charge in [-0.25, -0.2) is 0 Å². The van der Waals surface area contributed by atoms with Gasteiger partial charge in [0.05, 0.1) is 0 Å². The van der Waals surface area contributed by atoms with Gasteiger partial charge in [0.2, 0.25) is 0 Å². The number of rotatable bonds is 8. The minimum Gasteiger partial charge on any atom is -0.306 e. The van der Waals surface area contributed by atoms with E-state index in [0.717, 1.165) is 143 Å². The Morgan fingerprint density at radius 3 is 0.621 bits per heavy atom. The number of hydrogen-bond donors (Lipinski definition) is 0. The average molecular weight is 1650 g/mol. The van der Waals surface area contributed by atoms with Gasteiger partial charge in [-0.15, -0.1) is 0 Å². The maximum absolute atomic E-state index is 2.65. The van der Waals surface area contributed by atoms with E-state index in [1.165, 1.54) is 271 Å². The molecule has 124 heavy (non-hydrogen) atoms. The summed E-state index contributed by atoms with van der Waals surface area (Å²) < 4.78 is 0. The fourth-order valence-electron chi connectivity index (χ4n) is 34.7. The van der Waals surface area contributed by atoms with Crippen molar-refractivity contribution in [3.05, 3.63) is 216 Å². The number of fused-ring (bicyclic) bond motifs is 24. The summed E-state index contributed by atoms with van der Waals surface area (Å²) in [6.07, 6.45) is 56.8. The molecule has 8 aromatic rings. The molecule has 4 nitrogen and oxygen atoms in total. The van der Waals surface area contributed by atoms with E-state index in [4.69, 9.17) is 0 Å². The molecule has 0 saturated heterocycles. The molecule has 0 N–H and O–H groups in total. The highest BCUT2D eigenvalue weighted by atomic mass is 15.1. The molecule has 16 aliphatic carbocycles. The van der Waals surface area contributed by atoms with Crippen LogP contribution < -0.4 is 0 Å². The quantitative estimate of drug-likeness (QED) is 0.150. The van der Waals surface area contributed by atoms with Crippen molar-refractivity contribution < 1.29 is 0 Å². The Labute approximate surface area is 750 Å². The third kappa shape index (κ3) is 15.1. The maximum atomic E-state index is 2.65. The second-order valence-corrected chi connectivity index (χ2v) is 47.0. The molecule has 0 radical (unpaired) electrons. The van der Waals surface area contributed by atoms with Gasteiger partial charge in [-0.1, -0.05) is 198 Å². The molecule has 0 unspecified atom stereocenters. The fraction of sp³-hybridized carbons (Fsp3) is 0.600. The summed E-state index contributed by atoms with van der Waals surface area (Å²) in [5.74, 6) is 19.4. The van der Waals surface area contributed by atoms with Crippen LogP contribution in [0, 0.1) is 140 Å². The smallest absolute Gasteiger partial charge is 0.00920 e. The Hall–Kier alpha value is -6.40. The van der Waals surface area contributed by atoms with E-state index < -0.39 is 0 Å². The first-order valence-corrected chi connectivity index (χ1v) is 51.6. The van der Waals surface area contributed by atoms with E-state index in [-0.39, 0.29) is 0 Å². The van der Waals surface area contributed by atoms with E-state index in [0.29, 0.717) is 21.7 Å². The molecule has 0 spiro atoms. The van der Waals surface area contributed by atoms with Crippen molar-refractivity contribution in [3.63, 3.8) is 0 Å². The normalized spacial score (nSPS) is 39.7. The molecule has 0 heterocycles. The molecular weight excluding hydrogens is 1500 g/mol. The summed E-state index contributed by atoms with van der Waals surface area (Å²) in [7, 11) is 18.3. The van der Waals surface area contributed by atoms with E-state index in [1.807, 2.05) is 0 Å². The molecule has 8 aromatic carbocycles. The lowest BCUT2D eigenvalue weighted by Crippen LogP contribution is -2.49. The Morgan fingerprint density at radius 2 is 0.411 bits per heavy atom. The first-order valence-electron chi connectivity index (χ1n) is 51.6. The molecule has 12 fully saturated rings. The SMILES string of the molecule is CN(C)[C@@H]1CC[C@H]2[C@@H](CC[C@@H]3[C@@H]2CC[C@]2(C)C(c4ccc5ccccc5c4)=CC[C@@H]32)C1.CN(C)[C@@H]1CC[C@H]2[C@@H](CC[C@@H]3[C@@H]2CC[C@]2(C)C(c4ccc5ccccc5c4)=CC[C@@H]32)C1.CN(C)[C@H]1CC[C@H]2[C@@H](CC[C@@H]3[C@@H]2CC[C@]2(C)C(c4ccc5ccccc5c4)=CC[C@@H]32)C1.CN(C)[C@H]1CC[C@H]2[C@@H](CC[C@@H]3[C@@H]2CC[C@]2(C)C(c4ccc5ccccc5c4)=CC[C@@H]32)C1. The van der Waals surface area contributed by atoms with E-state index in [1.54, 1.807) is 22.3 Å². The van der Waals surface area contributed by atoms with Gasteiger partial charge in [-0.2, -0.15) is 0 Å². The summed E-state index contributed by atoms with van der Waals surface area (Å²) in [6.45, 7) is 10.5. The molecule has 28 atom stereocenters. The predicted octanol–water partition coefficient (Wildman–Crippen LogP) is 29.7. The van der Waals surface area contributed by atoms with Gasteiger partial charge >= 0.3 is 0 Å². The molecule has 0 bridgehead atoms. The summed E-state index contributed by atoms with van der Waals surface area (Å²) in [5.41, 5.74) is 14.2. The van der Waals surface area contributed by atoms with E-state index in [2.05, 4.69) is 298 Å². The van der Waals surface area contributed by atoms with Crippen molar-refractivity contribution in [2.45, 2.75) is 257 Å². The van der Waals surface area contributed by atoms with Crippen molar-refractivity contribution in [3.8, 4) is 0 Å². The Balaban J connectivity index is 0.000000101. The van der Waals surface area contributed by atoms with Crippen LogP contribution >= 0.6 is 0 Å². The molecule has 24 rings (SSSR count). The standard InChI is InChI=1S/4C30H39N/c4*1-30-17-16-26-25-13-11-24(31(2)3)19-22(25)10-12-27(26)29(30)15-14-28(30)23-9-8-20-6-4-5-7-21(20)18-23/h4*4-9,14,18,22,24-27,29H,10-13,15-17,19H2,1-3H3/t2*22-,24+,25-,26+,27+,29-,30+;2*22-,24-,25-,26+,27+,29-,30+/m0000/s1. The highest BCUT2D eigenvalue weighted by Crippen LogP contribution is 2.70. The lowest BCUT2D eigenvalue weighted by Gasteiger charge is -2.56. The molecule has 4 heteroatoms. The van der Waals surface area contributed by atoms with Crippen molar-refractivity contribution in [1.29, 1.82) is 0 Å². The van der Waals surface area contributed by atoms with Crippen LogP contribution in [0.1, 0.15) is 255 Å². The highest BCUT2D eigenvalue weighted by Gasteiger charge is 2.60. The topological polar surface area (TPSA) is 13.0 Å². The van der Waals surface area contributed by atoms with Crippen LogP contribution in [-0.2, 0) is 0 Å². The van der Waals surface area contributed by atoms with Crippen LogP contribution in [-0.4, -0.2) is 100 Å². The van der Waals surface area contributed by atoms with E-state index in [9.17, 15) is 0 Å². The maximum Gasteiger partial charge on any atom is 0.00920 e. The lowest BCUT2D eigenvalue weighted by molar-refractivity contribution is -0.0482. The first kappa shape index (κ1) is 84.4. The molecule has 16 aliphatic rings. The minimum atomic E-state index is 0.386. The van der Waals surface area contributed by atoms with Gasteiger partial charge in [0, 0.05) is 24.2 Å². The Kier molecular flexibility index (Phi) is 23.3. The zero-order valence-corrected chi connectivity index (χ0v) is 78.7. The van der Waals surface area contributed by atoms with Crippen LogP contribution in [0.2, 0.25) is 0 Å². The predicted molar refractivity (Wildman–Crippen MR) is 528 cm³/mol. The van der Waals surface area contributed by atoms with Crippen LogP contribution in [0.4, 0.5) is 0 Å². The lowest BCUT2D eigenvalue weighted by atomic mass is 9.49. The largest absolute Gasteiger partial charge is 0.306 e. The molecule has 12 saturated carbocycles. The number of benzene rings is 8. The summed E-state index contributed by atoms with van der Waals surface area (Å²) in [5, 5.41) is 11.0. The highest BCUT2D eigenvalue weighted by molar-refractivity contribution is 5.91. The Bertz CT molecular complexity index is 4660. The van der Waals surface area contributed by atoms with Gasteiger partial charge in [0.1, 0.15) is 0 Å². The van der Waals surface area contributed by atoms with Gasteiger partial charge in [0.15, 0.2) is 0 Å². The average Bonchev–Trinajstić information content (AvgIpc) is 1.54. The van der Waals surface area contributed by atoms with E-state index >= 15 is 0 Å². The fourth-order valence-corrected chi connectivity index (χ4v) is 34.7. The van der Waals surface area contributed by atoms with Crippen molar-refractivity contribution >= 4 is 65.4 Å². The number of nitrogens with zero attached hydrogens (tertiary/aromatic N) is 4. The molecule has 0 amide bonds. The second kappa shape index (κ2) is 34.2. The third-order valence-electron chi connectivity index (χ3n) is 41.2. The number of allylic oxidation sites excluding steroid dienone is 8. The molecular formula is C120H156N4. The summed E-state index contributed by atoms with van der Waals surface area (Å²) in [4.78, 5) is 9.99. The zero-order valence-electron chi connectivity index (χ0n) is 78.7. The van der Waals surface area contributed by atoms with Crippen LogP contribution in [0.25, 0.3) is 65.4 Å². The summed E-state index contributed by atoms with van der Waals surface area (Å²) in [6, 6.07) is 67.4. The van der Waals surface area contributed by atoms with Gasteiger partial charge < -0.3 is 19.6 Å². The number of hydrogen-bond acceptors (Lipinski definition) is 4. The van der Waals surface area contributed by atoms with Crippen LogP contribution in [0.3, 0.4) is 0 Å². The molecule has 0 aromatic heterocycles. The van der Waals surface area contributed by atoms with Crippen molar-refractivity contribution in [1.82, 2.24) is 19.6 Å². The first-order chi connectivity index (χ1) is 60.2. The van der Waals surface area contributed by atoms with Gasteiger partial charge in [-0.05, 0) is 514 Å². The molecule has 656 valence electrons.